The summed E-state index contributed by atoms with van der Waals surface area (Å²) < 4.78 is 47.9. The van der Waals surface area contributed by atoms with Gasteiger partial charge in [0.1, 0.15) is 27.7 Å². The molecule has 0 unspecified atom stereocenters. The van der Waals surface area contributed by atoms with Gasteiger partial charge in [-0.1, -0.05) is 77.4 Å². The van der Waals surface area contributed by atoms with Crippen LogP contribution in [0.1, 0.15) is 57.5 Å². The van der Waals surface area contributed by atoms with E-state index in [2.05, 4.69) is 15.3 Å². The molecule has 3 aromatic carbocycles. The number of anilines is 1. The lowest BCUT2D eigenvalue weighted by Crippen LogP contribution is -2.25. The van der Waals surface area contributed by atoms with E-state index in [0.717, 1.165) is 16.1 Å². The van der Waals surface area contributed by atoms with Crippen molar-refractivity contribution < 1.29 is 22.0 Å². The molecule has 0 spiro atoms. The summed E-state index contributed by atoms with van der Waals surface area (Å²) in [5.41, 5.74) is 4.80. The Morgan fingerprint density at radius 3 is 2.17 bits per heavy atom. The summed E-state index contributed by atoms with van der Waals surface area (Å²) in [5, 5.41) is 3.78. The van der Waals surface area contributed by atoms with E-state index in [1.807, 2.05) is 78.8 Å². The molecule has 0 saturated carbocycles. The van der Waals surface area contributed by atoms with Gasteiger partial charge in [0.15, 0.2) is 0 Å². The number of nitrogens with one attached hydrogen (secondary N) is 1. The van der Waals surface area contributed by atoms with Crippen LogP contribution in [0.4, 0.5) is 10.1 Å². The number of rotatable bonds is 6. The van der Waals surface area contributed by atoms with Gasteiger partial charge in [-0.25, -0.2) is 17.8 Å². The number of hydrogen-bond acceptors (Lipinski definition) is 7. The van der Waals surface area contributed by atoms with Gasteiger partial charge in [-0.15, -0.1) is 11.3 Å². The lowest BCUT2D eigenvalue weighted by molar-refractivity contribution is 0.0964. The molecule has 0 saturated heterocycles. The van der Waals surface area contributed by atoms with Gasteiger partial charge in [-0.05, 0) is 31.2 Å². The Bertz CT molecular complexity index is 2120. The lowest BCUT2D eigenvalue weighted by Gasteiger charge is -2.20. The number of carbonyl (C=O) groups is 1. The highest BCUT2D eigenvalue weighted by Gasteiger charge is 2.26. The summed E-state index contributed by atoms with van der Waals surface area (Å²) in [4.78, 5) is 22.1. The quantitative estimate of drug-likeness (QED) is 0.187. The van der Waals surface area contributed by atoms with Crippen LogP contribution in [0.15, 0.2) is 77.5 Å². The number of furan rings is 1. The van der Waals surface area contributed by atoms with Crippen LogP contribution in [0.3, 0.4) is 0 Å². The first kappa shape index (κ1) is 37.8. The summed E-state index contributed by atoms with van der Waals surface area (Å²) >= 11 is 1.33. The number of amides is 1. The molecule has 0 aliphatic rings. The van der Waals surface area contributed by atoms with Crippen molar-refractivity contribution in [2.75, 3.05) is 24.7 Å². The highest BCUT2D eigenvalue weighted by molar-refractivity contribution is 7.92. The number of halogens is 1. The number of carbonyl (C=O) groups excluding carboxylic acids is 1. The molecule has 0 aliphatic carbocycles. The van der Waals surface area contributed by atoms with E-state index < -0.39 is 15.8 Å². The van der Waals surface area contributed by atoms with Crippen molar-refractivity contribution >= 4 is 54.1 Å². The van der Waals surface area contributed by atoms with Gasteiger partial charge in [0, 0.05) is 60.2 Å². The zero-order valence-corrected chi connectivity index (χ0v) is 30.7. The minimum atomic E-state index is -3.68. The van der Waals surface area contributed by atoms with Gasteiger partial charge < -0.3 is 9.73 Å². The number of aryl methyl sites for hydroxylation is 1. The van der Waals surface area contributed by atoms with E-state index in [1.165, 1.54) is 24.5 Å². The fourth-order valence-corrected chi connectivity index (χ4v) is 6.27. The molecule has 48 heavy (non-hydrogen) atoms. The summed E-state index contributed by atoms with van der Waals surface area (Å²) in [5.74, 6) is -0.381. The Morgan fingerprint density at radius 2 is 1.56 bits per heavy atom. The number of benzene rings is 3. The van der Waals surface area contributed by atoms with E-state index in [4.69, 9.17) is 4.42 Å². The summed E-state index contributed by atoms with van der Waals surface area (Å²) in [7, 11) is -0.682. The molecular formula is C37H43FN4O4S2. The number of pyridine rings is 1. The number of hydrogen-bond donors (Lipinski definition) is 1. The molecular weight excluding hydrogens is 648 g/mol. The SMILES string of the molecule is CC.CC.CC.CNC(=O)c1c(-c2ccc(C)cc2)oc2cc(N(C)S(C)(=O)=O)c(-c3cncc(-c4nc5c(F)cccc5s4)c3)cc12. The zero-order chi connectivity index (χ0) is 35.8. The highest BCUT2D eigenvalue weighted by Crippen LogP contribution is 2.42. The van der Waals surface area contributed by atoms with Crippen molar-refractivity contribution in [3.05, 3.63) is 90.0 Å². The minimum absolute atomic E-state index is 0.277. The molecule has 1 N–H and O–H groups in total. The zero-order valence-electron chi connectivity index (χ0n) is 29.1. The number of thiazole rings is 1. The van der Waals surface area contributed by atoms with E-state index in [0.29, 0.717) is 59.9 Å². The first-order valence-corrected chi connectivity index (χ1v) is 18.6. The van der Waals surface area contributed by atoms with Crippen LogP contribution < -0.4 is 9.62 Å². The predicted molar refractivity (Wildman–Crippen MR) is 199 cm³/mol. The van der Waals surface area contributed by atoms with Crippen LogP contribution in [-0.2, 0) is 10.0 Å². The normalized spacial score (nSPS) is 10.6. The monoisotopic (exact) mass is 690 g/mol. The van der Waals surface area contributed by atoms with Crippen LogP contribution in [0.25, 0.3) is 54.2 Å². The second-order valence-electron chi connectivity index (χ2n) is 9.92. The average molecular weight is 691 g/mol. The number of para-hydroxylation sites is 1. The Hall–Kier alpha value is -4.61. The van der Waals surface area contributed by atoms with Crippen LogP contribution in [0, 0.1) is 12.7 Å². The van der Waals surface area contributed by atoms with Crippen LogP contribution >= 0.6 is 11.3 Å². The van der Waals surface area contributed by atoms with Gasteiger partial charge in [-0.3, -0.25) is 14.1 Å². The summed E-state index contributed by atoms with van der Waals surface area (Å²) in [6.45, 7) is 14.0. The molecule has 1 amide bonds. The van der Waals surface area contributed by atoms with Crippen LogP contribution in [0.5, 0.6) is 0 Å². The van der Waals surface area contributed by atoms with Crippen molar-refractivity contribution in [2.24, 2.45) is 0 Å². The number of sulfonamides is 1. The Morgan fingerprint density at radius 1 is 0.917 bits per heavy atom. The lowest BCUT2D eigenvalue weighted by atomic mass is 9.98. The van der Waals surface area contributed by atoms with Gasteiger partial charge in [0.05, 0.1) is 22.2 Å². The molecule has 8 nitrogen and oxygen atoms in total. The topological polar surface area (TPSA) is 105 Å². The van der Waals surface area contributed by atoms with E-state index in [-0.39, 0.29) is 11.4 Å². The molecule has 0 fully saturated rings. The van der Waals surface area contributed by atoms with E-state index >= 15 is 0 Å². The van der Waals surface area contributed by atoms with Crippen LogP contribution in [0.2, 0.25) is 0 Å². The van der Waals surface area contributed by atoms with Crippen molar-refractivity contribution in [1.82, 2.24) is 15.3 Å². The number of aromatic nitrogens is 2. The third-order valence-corrected chi connectivity index (χ3v) is 9.34. The van der Waals surface area contributed by atoms with Gasteiger partial charge in [0.2, 0.25) is 10.0 Å². The Labute approximate surface area is 286 Å². The summed E-state index contributed by atoms with van der Waals surface area (Å²) in [6, 6.07) is 17.6. The van der Waals surface area contributed by atoms with Crippen molar-refractivity contribution in [3.63, 3.8) is 0 Å². The van der Waals surface area contributed by atoms with E-state index in [9.17, 15) is 17.6 Å². The van der Waals surface area contributed by atoms with Gasteiger partial charge in [-0.2, -0.15) is 0 Å². The minimum Gasteiger partial charge on any atom is -0.455 e. The standard InChI is InChI=1S/C31H25FN4O4S2.3C2H6/c1-17-8-10-18(11-9-17)29-27(30(37)33-2)22-13-21(24(14-25(22)40-29)36(3)42(4,38)39)19-12-20(16-34-15-19)31-35-28-23(32)6-5-7-26(28)41-31;3*1-2/h5-16H,1-4H3,(H,33,37);3*1-2H3. The Kier molecular flexibility index (Phi) is 13.0. The van der Waals surface area contributed by atoms with Crippen molar-refractivity contribution in [3.8, 4) is 33.0 Å². The molecule has 3 heterocycles. The maximum atomic E-state index is 14.4. The molecule has 11 heteroatoms. The third kappa shape index (κ3) is 7.74. The molecule has 0 bridgehead atoms. The average Bonchev–Trinajstić information content (AvgIpc) is 3.72. The van der Waals surface area contributed by atoms with Crippen molar-refractivity contribution in [1.29, 1.82) is 0 Å². The van der Waals surface area contributed by atoms with Gasteiger partial charge in [0.25, 0.3) is 5.91 Å². The fraction of sp³-hybridized carbons (Fsp3) is 0.270. The second kappa shape index (κ2) is 16.5. The molecule has 6 rings (SSSR count). The third-order valence-electron chi connectivity index (χ3n) is 7.08. The van der Waals surface area contributed by atoms with Gasteiger partial charge >= 0.3 is 0 Å². The van der Waals surface area contributed by atoms with E-state index in [1.54, 1.807) is 43.7 Å². The first-order valence-electron chi connectivity index (χ1n) is 15.9. The maximum Gasteiger partial charge on any atom is 0.255 e. The number of fused-ring (bicyclic) bond motifs is 2. The molecule has 0 radical (unpaired) electrons. The maximum absolute atomic E-state index is 14.4. The molecule has 0 atom stereocenters. The fourth-order valence-electron chi connectivity index (χ4n) is 4.80. The first-order chi connectivity index (χ1) is 23.0. The number of nitrogens with zero attached hydrogens (tertiary/aromatic N) is 3. The molecule has 0 aliphatic heterocycles. The molecule has 3 aromatic heterocycles. The smallest absolute Gasteiger partial charge is 0.255 e. The molecule has 6 aromatic rings. The largest absolute Gasteiger partial charge is 0.455 e. The van der Waals surface area contributed by atoms with Crippen LogP contribution in [-0.4, -0.2) is 44.6 Å². The summed E-state index contributed by atoms with van der Waals surface area (Å²) in [6.07, 6.45) is 4.35. The predicted octanol–water partition coefficient (Wildman–Crippen LogP) is 9.72. The highest BCUT2D eigenvalue weighted by atomic mass is 32.2. The Balaban J connectivity index is 0.000000987. The van der Waals surface area contributed by atoms with Crippen molar-refractivity contribution in [2.45, 2.75) is 48.5 Å². The molecule has 254 valence electrons. The second-order valence-corrected chi connectivity index (χ2v) is 13.0.